The van der Waals surface area contributed by atoms with Gasteiger partial charge in [0.2, 0.25) is 0 Å². The summed E-state index contributed by atoms with van der Waals surface area (Å²) in [7, 11) is 0. The highest BCUT2D eigenvalue weighted by Gasteiger charge is 2.32. The minimum absolute atomic E-state index is 0.0674. The highest BCUT2D eigenvalue weighted by molar-refractivity contribution is 7.79. The van der Waals surface area contributed by atoms with E-state index in [1.165, 1.54) is 18.4 Å². The number of hydrogen-bond donors (Lipinski definition) is 1. The number of rotatable bonds is 3. The van der Waals surface area contributed by atoms with Crippen molar-refractivity contribution in [1.29, 1.82) is 0 Å². The molecule has 1 aromatic rings. The van der Waals surface area contributed by atoms with Gasteiger partial charge < -0.3 is 4.55 Å². The fraction of sp³-hybridized carbons (Fsp3) is 0.444. The summed E-state index contributed by atoms with van der Waals surface area (Å²) in [6.45, 7) is 2.28. The molecule has 1 heterocycles. The quantitative estimate of drug-likeness (QED) is 0.867. The first-order valence-corrected chi connectivity index (χ1v) is 9.15. The van der Waals surface area contributed by atoms with Gasteiger partial charge in [0.25, 0.3) is 0 Å². The summed E-state index contributed by atoms with van der Waals surface area (Å²) in [6.07, 6.45) is 7.50. The number of carbonyl (C=O) groups excluding carboxylic acids is 1. The van der Waals surface area contributed by atoms with Crippen molar-refractivity contribution in [1.82, 2.24) is 0 Å². The first-order chi connectivity index (χ1) is 11.0. The molecule has 1 aliphatic heterocycles. The van der Waals surface area contributed by atoms with Crippen molar-refractivity contribution in [3.63, 3.8) is 0 Å². The first-order valence-electron chi connectivity index (χ1n) is 8.05. The molecule has 3 aliphatic rings. The zero-order chi connectivity index (χ0) is 16.1. The van der Waals surface area contributed by atoms with Crippen molar-refractivity contribution in [3.8, 4) is 0 Å². The van der Waals surface area contributed by atoms with Crippen LogP contribution < -0.4 is 0 Å². The van der Waals surface area contributed by atoms with Crippen LogP contribution in [0, 0.1) is 11.8 Å². The number of carbonyl (C=O) groups is 1. The molecule has 120 valence electrons. The number of aliphatic imine (C=N–C) groups is 1. The minimum atomic E-state index is -2.06. The number of hydrogen-bond acceptors (Lipinski definition) is 3. The highest BCUT2D eigenvalue weighted by Crippen LogP contribution is 2.41. The number of nitrogens with zero attached hydrogens (tertiary/aromatic N) is 1. The predicted octanol–water partition coefficient (Wildman–Crippen LogP) is 2.80. The van der Waals surface area contributed by atoms with Crippen LogP contribution in [0.2, 0.25) is 0 Å². The lowest BCUT2D eigenvalue weighted by Gasteiger charge is -2.12. The van der Waals surface area contributed by atoms with E-state index in [2.05, 4.69) is 17.1 Å². The van der Waals surface area contributed by atoms with Crippen LogP contribution in [0.25, 0.3) is 6.08 Å². The minimum Gasteiger partial charge on any atom is -0.302 e. The Morgan fingerprint density at radius 1 is 1.35 bits per heavy atom. The van der Waals surface area contributed by atoms with Gasteiger partial charge in [0, 0.05) is 23.3 Å². The molecule has 5 heteroatoms. The molecule has 0 aromatic heterocycles. The van der Waals surface area contributed by atoms with Crippen molar-refractivity contribution in [3.05, 3.63) is 33.9 Å². The average Bonchev–Trinajstić information content (AvgIpc) is 3.26. The van der Waals surface area contributed by atoms with E-state index in [4.69, 9.17) is 0 Å². The molecular weight excluding hydrogens is 310 g/mol. The Kier molecular flexibility index (Phi) is 3.58. The Morgan fingerprint density at radius 3 is 2.78 bits per heavy atom. The molecule has 1 N–H and O–H groups in total. The van der Waals surface area contributed by atoms with Crippen molar-refractivity contribution in [2.75, 3.05) is 6.54 Å². The summed E-state index contributed by atoms with van der Waals surface area (Å²) in [5, 5.41) is 0. The standard InChI is InChI=1S/C18H19NO3S/c1-10(20)12-4-13-5-15-9-19-8-14(11-2-3-11)7-17(15)18(23(21)22)16(13)6-12/h5,7,9,11-12H,2-4,6,8H2,1H3,(H,21,22). The van der Waals surface area contributed by atoms with Crippen molar-refractivity contribution < 1.29 is 13.6 Å². The van der Waals surface area contributed by atoms with E-state index < -0.39 is 11.1 Å². The Hall–Kier alpha value is -1.59. The Morgan fingerprint density at radius 2 is 2.13 bits per heavy atom. The molecule has 2 unspecified atom stereocenters. The molecular formula is C18H19NO3S. The second-order valence-electron chi connectivity index (χ2n) is 6.77. The molecule has 0 bridgehead atoms. The molecule has 0 amide bonds. The van der Waals surface area contributed by atoms with E-state index in [-0.39, 0.29) is 11.7 Å². The molecule has 0 spiro atoms. The van der Waals surface area contributed by atoms with E-state index in [0.717, 1.165) is 22.3 Å². The van der Waals surface area contributed by atoms with Crippen LogP contribution >= 0.6 is 0 Å². The Balaban J connectivity index is 1.90. The lowest BCUT2D eigenvalue weighted by Crippen LogP contribution is -2.10. The summed E-state index contributed by atoms with van der Waals surface area (Å²) < 4.78 is 22.0. The Labute approximate surface area is 138 Å². The van der Waals surface area contributed by atoms with Gasteiger partial charge >= 0.3 is 0 Å². The molecule has 0 saturated heterocycles. The smallest absolute Gasteiger partial charge is 0.187 e. The van der Waals surface area contributed by atoms with Gasteiger partial charge in [-0.3, -0.25) is 9.79 Å². The molecule has 1 aromatic carbocycles. The third-order valence-corrected chi connectivity index (χ3v) is 5.96. The van der Waals surface area contributed by atoms with Crippen LogP contribution in [0.5, 0.6) is 0 Å². The van der Waals surface area contributed by atoms with Gasteiger partial charge in [-0.1, -0.05) is 6.08 Å². The monoisotopic (exact) mass is 329 g/mol. The second-order valence-corrected chi connectivity index (χ2v) is 7.68. The molecule has 4 rings (SSSR count). The third kappa shape index (κ3) is 2.62. The van der Waals surface area contributed by atoms with Gasteiger partial charge in [-0.05, 0) is 61.3 Å². The van der Waals surface area contributed by atoms with Gasteiger partial charge in [-0.15, -0.1) is 0 Å². The van der Waals surface area contributed by atoms with E-state index in [9.17, 15) is 13.6 Å². The SMILES string of the molecule is CC(=O)C1Cc2cc3c(c(S(=O)O)c2C1)C=C(C1CC1)CN=C3. The summed E-state index contributed by atoms with van der Waals surface area (Å²) in [5.74, 6) is 0.660. The highest BCUT2D eigenvalue weighted by atomic mass is 32.2. The normalized spacial score (nSPS) is 23.7. The van der Waals surface area contributed by atoms with Gasteiger partial charge in [0.05, 0.1) is 11.4 Å². The number of ketones is 1. The van der Waals surface area contributed by atoms with E-state index in [1.807, 2.05) is 6.21 Å². The zero-order valence-corrected chi connectivity index (χ0v) is 13.9. The van der Waals surface area contributed by atoms with Crippen LogP contribution in [0.3, 0.4) is 0 Å². The van der Waals surface area contributed by atoms with E-state index in [1.54, 1.807) is 6.92 Å². The molecule has 23 heavy (non-hydrogen) atoms. The maximum Gasteiger partial charge on any atom is 0.187 e. The zero-order valence-electron chi connectivity index (χ0n) is 13.0. The van der Waals surface area contributed by atoms with Crippen LogP contribution in [0.1, 0.15) is 42.0 Å². The third-order valence-electron chi connectivity index (χ3n) is 5.15. The molecule has 1 fully saturated rings. The Bertz CT molecular complexity index is 790. The molecule has 0 radical (unpaired) electrons. The number of Topliss-reactive ketones (excluding diaryl/α,β-unsaturated/α-hetero) is 1. The first kappa shape index (κ1) is 15.0. The summed E-state index contributed by atoms with van der Waals surface area (Å²) in [6, 6.07) is 2.06. The van der Waals surface area contributed by atoms with Crippen molar-refractivity contribution >= 4 is 29.2 Å². The maximum absolute atomic E-state index is 12.1. The van der Waals surface area contributed by atoms with E-state index >= 15 is 0 Å². The van der Waals surface area contributed by atoms with Crippen LogP contribution in [0.15, 0.2) is 21.5 Å². The molecule has 2 atom stereocenters. The van der Waals surface area contributed by atoms with Gasteiger partial charge in [-0.25, -0.2) is 4.21 Å². The summed E-state index contributed by atoms with van der Waals surface area (Å²) >= 11 is -2.06. The maximum atomic E-state index is 12.1. The van der Waals surface area contributed by atoms with E-state index in [0.29, 0.717) is 30.2 Å². The predicted molar refractivity (Wildman–Crippen MR) is 90.2 cm³/mol. The fourth-order valence-electron chi connectivity index (χ4n) is 3.71. The topological polar surface area (TPSA) is 66.7 Å². The lowest BCUT2D eigenvalue weighted by atomic mass is 9.98. The molecule has 4 nitrogen and oxygen atoms in total. The number of benzene rings is 1. The molecule has 1 saturated carbocycles. The molecule has 2 aliphatic carbocycles. The largest absolute Gasteiger partial charge is 0.302 e. The van der Waals surface area contributed by atoms with Gasteiger partial charge in [-0.2, -0.15) is 0 Å². The summed E-state index contributed by atoms with van der Waals surface area (Å²) in [5.41, 5.74) is 4.91. The van der Waals surface area contributed by atoms with Crippen molar-refractivity contribution in [2.24, 2.45) is 16.8 Å². The summed E-state index contributed by atoms with van der Waals surface area (Å²) in [4.78, 5) is 16.7. The van der Waals surface area contributed by atoms with Crippen LogP contribution in [-0.4, -0.2) is 27.3 Å². The number of fused-ring (bicyclic) bond motifs is 2. The van der Waals surface area contributed by atoms with Crippen molar-refractivity contribution in [2.45, 2.75) is 37.5 Å². The average molecular weight is 329 g/mol. The van der Waals surface area contributed by atoms with Crippen LogP contribution in [-0.2, 0) is 28.7 Å². The van der Waals surface area contributed by atoms with Gasteiger partial charge in [0.1, 0.15) is 5.78 Å². The fourth-order valence-corrected chi connectivity index (χ4v) is 4.50. The van der Waals surface area contributed by atoms with Crippen LogP contribution in [0.4, 0.5) is 0 Å². The second kappa shape index (κ2) is 5.49. The van der Waals surface area contributed by atoms with Gasteiger partial charge in [0.15, 0.2) is 11.1 Å². The lowest BCUT2D eigenvalue weighted by molar-refractivity contribution is -0.120.